The highest BCUT2D eigenvalue weighted by molar-refractivity contribution is 5.80. The zero-order valence-corrected chi connectivity index (χ0v) is 24.1. The molecule has 0 aromatic heterocycles. The zero-order chi connectivity index (χ0) is 26.2. The summed E-state index contributed by atoms with van der Waals surface area (Å²) in [5.74, 6) is 4.26. The Morgan fingerprint density at radius 3 is 2.38 bits per heavy atom. The van der Waals surface area contributed by atoms with Crippen LogP contribution in [0.25, 0.3) is 17.2 Å². The quantitative estimate of drug-likeness (QED) is 0.353. The Balaban J connectivity index is 1.29. The molecule has 4 aliphatic carbocycles. The topological polar surface area (TPSA) is 0 Å². The van der Waals surface area contributed by atoms with Crippen LogP contribution < -0.4 is 0 Å². The summed E-state index contributed by atoms with van der Waals surface area (Å²) in [5, 5.41) is 0. The van der Waals surface area contributed by atoms with E-state index in [0.717, 1.165) is 30.6 Å². The fourth-order valence-corrected chi connectivity index (χ4v) is 9.00. The van der Waals surface area contributed by atoms with Gasteiger partial charge in [0.2, 0.25) is 0 Å². The highest BCUT2D eigenvalue weighted by atomic mass is 14.7. The third-order valence-corrected chi connectivity index (χ3v) is 10.9. The molecule has 3 fully saturated rings. The Morgan fingerprint density at radius 2 is 1.68 bits per heavy atom. The lowest BCUT2D eigenvalue weighted by Gasteiger charge is -2.26. The van der Waals surface area contributed by atoms with Crippen LogP contribution >= 0.6 is 0 Å². The molecule has 4 aliphatic rings. The first-order valence-electron chi connectivity index (χ1n) is 14.9. The fourth-order valence-electron chi connectivity index (χ4n) is 9.00. The molecular formula is C37H46. The minimum atomic E-state index is 0.387. The van der Waals surface area contributed by atoms with E-state index in [2.05, 4.69) is 91.1 Å². The van der Waals surface area contributed by atoms with E-state index in [-0.39, 0.29) is 0 Å². The van der Waals surface area contributed by atoms with Crippen molar-refractivity contribution in [3.8, 4) is 11.1 Å². The predicted molar refractivity (Wildman–Crippen MR) is 160 cm³/mol. The summed E-state index contributed by atoms with van der Waals surface area (Å²) in [6.07, 6.45) is 10.1. The zero-order valence-electron chi connectivity index (χ0n) is 24.1. The second kappa shape index (κ2) is 8.86. The highest BCUT2D eigenvalue weighted by Crippen LogP contribution is 2.72. The number of hydrogen-bond donors (Lipinski definition) is 0. The van der Waals surface area contributed by atoms with Crippen molar-refractivity contribution in [2.24, 2.45) is 40.9 Å². The van der Waals surface area contributed by atoms with E-state index < -0.39 is 0 Å². The van der Waals surface area contributed by atoms with Crippen molar-refractivity contribution >= 4 is 6.08 Å². The van der Waals surface area contributed by atoms with Gasteiger partial charge < -0.3 is 0 Å². The molecule has 4 atom stereocenters. The second-order valence-electron chi connectivity index (χ2n) is 13.9. The van der Waals surface area contributed by atoms with Gasteiger partial charge in [0.15, 0.2) is 0 Å². The number of aryl methyl sites for hydroxylation is 2. The van der Waals surface area contributed by atoms with Crippen molar-refractivity contribution in [2.75, 3.05) is 0 Å². The second-order valence-corrected chi connectivity index (χ2v) is 13.9. The highest BCUT2D eigenvalue weighted by Gasteiger charge is 2.65. The Hall–Kier alpha value is -2.34. The summed E-state index contributed by atoms with van der Waals surface area (Å²) in [6.45, 7) is 23.4. The van der Waals surface area contributed by atoms with Crippen LogP contribution in [0.1, 0.15) is 81.2 Å². The molecule has 2 aromatic carbocycles. The van der Waals surface area contributed by atoms with Gasteiger partial charge >= 0.3 is 0 Å². The van der Waals surface area contributed by atoms with Gasteiger partial charge in [-0.1, -0.05) is 106 Å². The Bertz CT molecular complexity index is 1290. The normalized spacial score (nSPS) is 29.6. The van der Waals surface area contributed by atoms with E-state index in [9.17, 15) is 0 Å². The summed E-state index contributed by atoms with van der Waals surface area (Å²) in [5.41, 5.74) is 15.2. The molecule has 3 unspecified atom stereocenters. The van der Waals surface area contributed by atoms with Crippen molar-refractivity contribution < 1.29 is 0 Å². The first-order chi connectivity index (χ1) is 17.6. The Labute approximate surface area is 226 Å². The molecule has 0 radical (unpaired) electrons. The molecule has 6 rings (SSSR count). The largest absolute Gasteiger partial charge is 0.0989 e. The van der Waals surface area contributed by atoms with Crippen molar-refractivity contribution in [3.63, 3.8) is 0 Å². The average Bonchev–Trinajstić information content (AvgIpc) is 3.24. The summed E-state index contributed by atoms with van der Waals surface area (Å²) in [4.78, 5) is 0. The van der Waals surface area contributed by atoms with Gasteiger partial charge in [-0.3, -0.25) is 0 Å². The van der Waals surface area contributed by atoms with Crippen LogP contribution in [0.5, 0.6) is 0 Å². The van der Waals surface area contributed by atoms with Crippen LogP contribution in [0.2, 0.25) is 0 Å². The molecule has 0 saturated heterocycles. The van der Waals surface area contributed by atoms with Crippen LogP contribution in [0.4, 0.5) is 0 Å². The monoisotopic (exact) mass is 490 g/mol. The molecule has 2 aromatic rings. The average molecular weight is 491 g/mol. The lowest BCUT2D eigenvalue weighted by molar-refractivity contribution is 0.294. The van der Waals surface area contributed by atoms with Crippen LogP contribution in [0.15, 0.2) is 60.2 Å². The molecule has 3 saturated carbocycles. The van der Waals surface area contributed by atoms with Gasteiger partial charge in [0.25, 0.3) is 0 Å². The number of allylic oxidation sites excluding steroid dienone is 3. The fraction of sp³-hybridized carbons (Fsp3) is 0.514. The Kier molecular flexibility index (Phi) is 5.98. The van der Waals surface area contributed by atoms with Crippen molar-refractivity contribution in [3.05, 3.63) is 88.0 Å². The number of benzene rings is 2. The molecule has 0 heteroatoms. The van der Waals surface area contributed by atoms with E-state index in [1.54, 1.807) is 11.1 Å². The predicted octanol–water partition coefficient (Wildman–Crippen LogP) is 9.93. The molecule has 0 heterocycles. The van der Waals surface area contributed by atoms with Gasteiger partial charge in [-0.15, -0.1) is 0 Å². The van der Waals surface area contributed by atoms with Gasteiger partial charge in [0.05, 0.1) is 0 Å². The van der Waals surface area contributed by atoms with E-state index in [4.69, 9.17) is 0 Å². The van der Waals surface area contributed by atoms with Crippen molar-refractivity contribution in [1.29, 1.82) is 0 Å². The minimum Gasteiger partial charge on any atom is -0.0989 e. The van der Waals surface area contributed by atoms with Crippen LogP contribution in [0, 0.1) is 54.8 Å². The molecule has 0 N–H and O–H groups in total. The summed E-state index contributed by atoms with van der Waals surface area (Å²) in [6, 6.07) is 11.9. The molecular weight excluding hydrogens is 444 g/mol. The SMILES string of the molecule is C=C1C(CC2=Cc3cccc(-c4cc(C)cc(C)c4CC4CCC[C@@H]4C(C)C)c3C2)C(=C)C2C1C2(C)C. The standard InChI is InChI=1S/C37H46/c1-21(2)29-13-9-12-28(29)20-31-23(4)15-22(3)16-34(31)30-14-10-11-27-17-26(19-33(27)30)18-32-24(5)35-36(25(32)6)37(35,7)8/h10-11,14-17,21,28-29,32,35-36H,5-6,9,12-13,18-20H2,1-4,7-8H3/t28?,29-,32?,35?,36?/m1/s1. The van der Waals surface area contributed by atoms with Gasteiger partial charge in [-0.2, -0.15) is 0 Å². The maximum atomic E-state index is 4.57. The van der Waals surface area contributed by atoms with Gasteiger partial charge in [0, 0.05) is 5.92 Å². The molecule has 0 spiro atoms. The third kappa shape index (κ3) is 4.02. The smallest absolute Gasteiger partial charge is 0.00454 e. The minimum absolute atomic E-state index is 0.387. The van der Waals surface area contributed by atoms with Crippen LogP contribution in [-0.2, 0) is 12.8 Å². The number of hydrogen-bond acceptors (Lipinski definition) is 0. The number of rotatable bonds is 6. The molecule has 0 bridgehead atoms. The lowest BCUT2D eigenvalue weighted by Crippen LogP contribution is -2.17. The van der Waals surface area contributed by atoms with E-state index in [0.29, 0.717) is 23.2 Å². The van der Waals surface area contributed by atoms with E-state index in [1.807, 2.05) is 0 Å². The van der Waals surface area contributed by atoms with Crippen molar-refractivity contribution in [1.82, 2.24) is 0 Å². The molecule has 0 aliphatic heterocycles. The summed E-state index contributed by atoms with van der Waals surface area (Å²) < 4.78 is 0. The van der Waals surface area contributed by atoms with E-state index >= 15 is 0 Å². The van der Waals surface area contributed by atoms with E-state index in [1.165, 1.54) is 70.2 Å². The first kappa shape index (κ1) is 25.0. The van der Waals surface area contributed by atoms with Gasteiger partial charge in [-0.05, 0) is 114 Å². The van der Waals surface area contributed by atoms with Crippen LogP contribution in [0.3, 0.4) is 0 Å². The third-order valence-electron chi connectivity index (χ3n) is 10.9. The van der Waals surface area contributed by atoms with Crippen molar-refractivity contribution in [2.45, 2.75) is 80.1 Å². The molecule has 194 valence electrons. The molecule has 0 amide bonds. The number of fused-ring (bicyclic) bond motifs is 2. The van der Waals surface area contributed by atoms with Crippen LogP contribution in [-0.4, -0.2) is 0 Å². The maximum Gasteiger partial charge on any atom is 0.00454 e. The lowest BCUT2D eigenvalue weighted by atomic mass is 9.79. The molecule has 37 heavy (non-hydrogen) atoms. The Morgan fingerprint density at radius 1 is 0.946 bits per heavy atom. The van der Waals surface area contributed by atoms with Gasteiger partial charge in [0.1, 0.15) is 0 Å². The molecule has 0 nitrogen and oxygen atoms in total. The summed E-state index contributed by atoms with van der Waals surface area (Å²) >= 11 is 0. The summed E-state index contributed by atoms with van der Waals surface area (Å²) in [7, 11) is 0. The maximum absolute atomic E-state index is 4.57. The van der Waals surface area contributed by atoms with Gasteiger partial charge in [-0.25, -0.2) is 0 Å². The first-order valence-corrected chi connectivity index (χ1v) is 14.9.